The number of fused-ring (bicyclic) bond motifs is 1. The Hall–Kier alpha value is -1.92. The van der Waals surface area contributed by atoms with Crippen molar-refractivity contribution in [2.45, 2.75) is 19.3 Å². The van der Waals surface area contributed by atoms with E-state index in [-0.39, 0.29) is 19.1 Å². The van der Waals surface area contributed by atoms with Crippen molar-refractivity contribution in [3.05, 3.63) is 34.9 Å². The van der Waals surface area contributed by atoms with Gasteiger partial charge in [-0.2, -0.15) is 0 Å². The Bertz CT molecular complexity index is 556. The van der Waals surface area contributed by atoms with Crippen molar-refractivity contribution in [3.63, 3.8) is 0 Å². The number of carbonyl (C=O) groups excluding carboxylic acids is 1. The molecule has 106 valence electrons. The van der Waals surface area contributed by atoms with E-state index in [2.05, 4.69) is 5.32 Å². The van der Waals surface area contributed by atoms with Crippen molar-refractivity contribution in [2.75, 3.05) is 13.2 Å². The van der Waals surface area contributed by atoms with Gasteiger partial charge in [-0.05, 0) is 23.3 Å². The highest BCUT2D eigenvalue weighted by atomic mass is 16.5. The van der Waals surface area contributed by atoms with E-state index in [0.717, 1.165) is 11.1 Å². The second-order valence-electron chi connectivity index (χ2n) is 5.04. The zero-order chi connectivity index (χ0) is 14.1. The lowest BCUT2D eigenvalue weighted by molar-refractivity contribution is -0.142. The number of carboxylic acid groups (broad SMARTS) is 1. The number of hydrogen-bond donors (Lipinski definition) is 2. The zero-order valence-electron chi connectivity index (χ0n) is 10.8. The molecule has 0 aromatic heterocycles. The van der Waals surface area contributed by atoms with Crippen LogP contribution >= 0.6 is 0 Å². The van der Waals surface area contributed by atoms with Crippen molar-refractivity contribution in [2.24, 2.45) is 5.92 Å². The first kappa shape index (κ1) is 13.1. The first-order chi connectivity index (χ1) is 9.65. The highest BCUT2D eigenvalue weighted by Crippen LogP contribution is 2.21. The molecule has 1 fully saturated rings. The highest BCUT2D eigenvalue weighted by molar-refractivity contribution is 5.95. The van der Waals surface area contributed by atoms with Crippen LogP contribution in [0.2, 0.25) is 0 Å². The maximum atomic E-state index is 12.2. The average Bonchev–Trinajstić information content (AvgIpc) is 3.05. The van der Waals surface area contributed by atoms with Crippen LogP contribution < -0.4 is 5.32 Å². The summed E-state index contributed by atoms with van der Waals surface area (Å²) < 4.78 is 10.4. The Morgan fingerprint density at radius 2 is 1.95 bits per heavy atom. The second-order valence-corrected chi connectivity index (χ2v) is 5.04. The third-order valence-corrected chi connectivity index (χ3v) is 3.70. The van der Waals surface area contributed by atoms with Gasteiger partial charge in [-0.1, -0.05) is 6.07 Å². The summed E-state index contributed by atoms with van der Waals surface area (Å²) in [4.78, 5) is 23.2. The van der Waals surface area contributed by atoms with E-state index in [1.54, 1.807) is 12.1 Å². The summed E-state index contributed by atoms with van der Waals surface area (Å²) in [5.41, 5.74) is 2.62. The van der Waals surface area contributed by atoms with Crippen molar-refractivity contribution in [1.82, 2.24) is 5.32 Å². The predicted octanol–water partition coefficient (Wildman–Crippen LogP) is 0.546. The third kappa shape index (κ3) is 2.39. The molecule has 0 spiro atoms. The van der Waals surface area contributed by atoms with Gasteiger partial charge in [-0.15, -0.1) is 0 Å². The number of aliphatic carboxylic acids is 1. The number of benzene rings is 1. The van der Waals surface area contributed by atoms with Crippen LogP contribution in [0.25, 0.3) is 0 Å². The molecule has 6 nitrogen and oxygen atoms in total. The topological polar surface area (TPSA) is 84.9 Å². The summed E-state index contributed by atoms with van der Waals surface area (Å²) in [6.45, 7) is 1.46. The maximum absolute atomic E-state index is 12.2. The molecule has 2 atom stereocenters. The lowest BCUT2D eigenvalue weighted by Gasteiger charge is -2.15. The molecule has 1 saturated heterocycles. The molecule has 1 amide bonds. The third-order valence-electron chi connectivity index (χ3n) is 3.70. The molecule has 2 N–H and O–H groups in total. The largest absolute Gasteiger partial charge is 0.481 e. The molecule has 2 unspecified atom stereocenters. The lowest BCUT2D eigenvalue weighted by Crippen LogP contribution is -2.42. The van der Waals surface area contributed by atoms with E-state index in [1.165, 1.54) is 0 Å². The van der Waals surface area contributed by atoms with Gasteiger partial charge >= 0.3 is 5.97 Å². The summed E-state index contributed by atoms with van der Waals surface area (Å²) in [7, 11) is 0. The Labute approximate surface area is 115 Å². The van der Waals surface area contributed by atoms with E-state index >= 15 is 0 Å². The average molecular weight is 277 g/mol. The lowest BCUT2D eigenvalue weighted by atomic mass is 10.0. The van der Waals surface area contributed by atoms with Crippen LogP contribution in [0.5, 0.6) is 0 Å². The molecule has 2 heterocycles. The maximum Gasteiger partial charge on any atom is 0.311 e. The van der Waals surface area contributed by atoms with E-state index in [0.29, 0.717) is 18.8 Å². The Kier molecular flexibility index (Phi) is 3.42. The monoisotopic (exact) mass is 277 g/mol. The van der Waals surface area contributed by atoms with Gasteiger partial charge in [-0.25, -0.2) is 0 Å². The van der Waals surface area contributed by atoms with Crippen molar-refractivity contribution >= 4 is 11.9 Å². The Balaban J connectivity index is 1.71. The Morgan fingerprint density at radius 1 is 1.15 bits per heavy atom. The predicted molar refractivity (Wildman–Crippen MR) is 68.1 cm³/mol. The number of carboxylic acids is 1. The summed E-state index contributed by atoms with van der Waals surface area (Å²) >= 11 is 0. The van der Waals surface area contributed by atoms with E-state index in [9.17, 15) is 9.59 Å². The van der Waals surface area contributed by atoms with Gasteiger partial charge < -0.3 is 19.9 Å². The summed E-state index contributed by atoms with van der Waals surface area (Å²) in [6, 6.07) is 4.92. The fourth-order valence-corrected chi connectivity index (χ4v) is 2.50. The number of hydrogen-bond acceptors (Lipinski definition) is 4. The van der Waals surface area contributed by atoms with Crippen LogP contribution in [-0.2, 0) is 27.5 Å². The molecule has 2 aliphatic rings. The van der Waals surface area contributed by atoms with Crippen molar-refractivity contribution in [1.29, 1.82) is 0 Å². The SMILES string of the molecule is O=C(NC1COCC1C(=O)O)c1ccc2c(c1)COC2. The quantitative estimate of drug-likeness (QED) is 0.842. The summed E-state index contributed by atoms with van der Waals surface area (Å²) in [6.07, 6.45) is 0. The molecule has 3 rings (SSSR count). The van der Waals surface area contributed by atoms with Crippen LogP contribution in [0.3, 0.4) is 0 Å². The molecule has 0 aliphatic carbocycles. The zero-order valence-corrected chi connectivity index (χ0v) is 10.8. The normalized spacial score (nSPS) is 24.4. The molecule has 1 aromatic carbocycles. The van der Waals surface area contributed by atoms with Crippen LogP contribution in [0.4, 0.5) is 0 Å². The van der Waals surface area contributed by atoms with Gasteiger partial charge in [0, 0.05) is 5.56 Å². The highest BCUT2D eigenvalue weighted by Gasteiger charge is 2.35. The van der Waals surface area contributed by atoms with Crippen molar-refractivity contribution in [3.8, 4) is 0 Å². The van der Waals surface area contributed by atoms with Gasteiger partial charge in [0.2, 0.25) is 0 Å². The molecule has 0 bridgehead atoms. The number of ether oxygens (including phenoxy) is 2. The van der Waals surface area contributed by atoms with Crippen LogP contribution in [0, 0.1) is 5.92 Å². The smallest absolute Gasteiger partial charge is 0.311 e. The van der Waals surface area contributed by atoms with E-state index in [1.807, 2.05) is 6.07 Å². The summed E-state index contributed by atoms with van der Waals surface area (Å²) in [5, 5.41) is 11.8. The minimum Gasteiger partial charge on any atom is -0.481 e. The fraction of sp³-hybridized carbons (Fsp3) is 0.429. The van der Waals surface area contributed by atoms with Crippen LogP contribution in [-0.4, -0.2) is 36.2 Å². The second kappa shape index (κ2) is 5.22. The molecule has 20 heavy (non-hydrogen) atoms. The molecule has 6 heteroatoms. The van der Waals surface area contributed by atoms with Gasteiger partial charge in [0.15, 0.2) is 0 Å². The fourth-order valence-electron chi connectivity index (χ4n) is 2.50. The first-order valence-corrected chi connectivity index (χ1v) is 6.46. The minimum absolute atomic E-state index is 0.137. The molecule has 0 radical (unpaired) electrons. The van der Waals surface area contributed by atoms with Crippen LogP contribution in [0.15, 0.2) is 18.2 Å². The minimum atomic E-state index is -0.949. The molecule has 2 aliphatic heterocycles. The molecular weight excluding hydrogens is 262 g/mol. The number of nitrogens with one attached hydrogen (secondary N) is 1. The summed E-state index contributed by atoms with van der Waals surface area (Å²) in [5.74, 6) is -1.91. The van der Waals surface area contributed by atoms with Gasteiger partial charge in [-0.3, -0.25) is 9.59 Å². The number of carbonyl (C=O) groups is 2. The van der Waals surface area contributed by atoms with Crippen molar-refractivity contribution < 1.29 is 24.2 Å². The molecule has 0 saturated carbocycles. The van der Waals surface area contributed by atoms with E-state index in [4.69, 9.17) is 14.6 Å². The van der Waals surface area contributed by atoms with Gasteiger partial charge in [0.1, 0.15) is 5.92 Å². The Morgan fingerprint density at radius 3 is 2.75 bits per heavy atom. The van der Waals surface area contributed by atoms with Gasteiger partial charge in [0.25, 0.3) is 5.91 Å². The first-order valence-electron chi connectivity index (χ1n) is 6.46. The van der Waals surface area contributed by atoms with Gasteiger partial charge in [0.05, 0.1) is 32.5 Å². The number of rotatable bonds is 3. The van der Waals surface area contributed by atoms with E-state index < -0.39 is 17.9 Å². The van der Waals surface area contributed by atoms with Crippen LogP contribution in [0.1, 0.15) is 21.5 Å². The number of amides is 1. The standard InChI is InChI=1S/C14H15NO5/c16-13(15-12-7-20-6-11(12)14(17)18)8-1-2-9-4-19-5-10(9)3-8/h1-3,11-12H,4-7H2,(H,15,16)(H,17,18). The molecule has 1 aromatic rings. The molecular formula is C14H15NO5.